The maximum atomic E-state index is 10.8. The number of H-pyrrole nitrogens is 1. The van der Waals surface area contributed by atoms with Gasteiger partial charge in [-0.3, -0.25) is 4.79 Å². The van der Waals surface area contributed by atoms with Gasteiger partial charge in [0.1, 0.15) is 0 Å². The van der Waals surface area contributed by atoms with Gasteiger partial charge in [-0.1, -0.05) is 0 Å². The Hall–Kier alpha value is -1.36. The first-order valence-corrected chi connectivity index (χ1v) is 3.54. The lowest BCUT2D eigenvalue weighted by atomic mass is 10.2. The molecule has 0 amide bonds. The molecule has 0 fully saturated rings. The largest absolute Gasteiger partial charge is 0.469 e. The van der Waals surface area contributed by atoms with Gasteiger partial charge in [-0.2, -0.15) is 0 Å². The van der Waals surface area contributed by atoms with Gasteiger partial charge >= 0.3 is 5.97 Å². The van der Waals surface area contributed by atoms with E-state index >= 15 is 0 Å². The number of methoxy groups -OCH3 is 1. The fourth-order valence-corrected chi connectivity index (χ4v) is 0.842. The van der Waals surface area contributed by atoms with Gasteiger partial charge in [0.25, 0.3) is 0 Å². The number of imidazole rings is 1. The van der Waals surface area contributed by atoms with Crippen molar-refractivity contribution in [3.63, 3.8) is 0 Å². The Morgan fingerprint density at radius 3 is 3.17 bits per heavy atom. The van der Waals surface area contributed by atoms with Crippen molar-refractivity contribution >= 4 is 5.97 Å². The van der Waals surface area contributed by atoms with Crippen LogP contribution >= 0.6 is 0 Å². The molecule has 0 unspecified atom stereocenters. The summed E-state index contributed by atoms with van der Waals surface area (Å²) >= 11 is 0. The van der Waals surface area contributed by atoms with E-state index in [2.05, 4.69) is 14.7 Å². The second-order valence-electron chi connectivity index (χ2n) is 2.39. The number of hydrogen-bond acceptors (Lipinski definition) is 4. The zero-order valence-corrected chi connectivity index (χ0v) is 6.78. The highest BCUT2D eigenvalue weighted by Gasteiger charge is 2.12. The van der Waals surface area contributed by atoms with E-state index in [1.165, 1.54) is 13.4 Å². The minimum atomic E-state index is -0.361. The SMILES string of the molecule is COC(=O)C[C@H](N)c1cnc[nH]1. The summed E-state index contributed by atoms with van der Waals surface area (Å²) in [5, 5.41) is 0. The van der Waals surface area contributed by atoms with E-state index in [4.69, 9.17) is 5.73 Å². The Labute approximate surface area is 69.9 Å². The van der Waals surface area contributed by atoms with Crippen LogP contribution in [0, 0.1) is 0 Å². The molecule has 66 valence electrons. The first-order valence-electron chi connectivity index (χ1n) is 3.54. The van der Waals surface area contributed by atoms with E-state index < -0.39 is 0 Å². The predicted molar refractivity (Wildman–Crippen MR) is 42.1 cm³/mol. The molecule has 1 heterocycles. The maximum Gasteiger partial charge on any atom is 0.307 e. The Balaban J connectivity index is 2.49. The third-order valence-electron chi connectivity index (χ3n) is 1.53. The second kappa shape index (κ2) is 3.87. The monoisotopic (exact) mass is 169 g/mol. The Morgan fingerprint density at radius 2 is 2.67 bits per heavy atom. The Kier molecular flexibility index (Phi) is 2.82. The third-order valence-corrected chi connectivity index (χ3v) is 1.53. The zero-order valence-electron chi connectivity index (χ0n) is 6.78. The lowest BCUT2D eigenvalue weighted by Gasteiger charge is -2.06. The molecule has 0 aromatic carbocycles. The molecule has 0 spiro atoms. The topological polar surface area (TPSA) is 81.0 Å². The molecule has 0 aliphatic heterocycles. The number of hydrogen-bond donors (Lipinski definition) is 2. The van der Waals surface area contributed by atoms with Gasteiger partial charge in [-0.15, -0.1) is 0 Å². The molecule has 1 aromatic rings. The van der Waals surface area contributed by atoms with Crippen molar-refractivity contribution in [3.05, 3.63) is 18.2 Å². The van der Waals surface area contributed by atoms with Gasteiger partial charge in [-0.25, -0.2) is 4.98 Å². The minimum absolute atomic E-state index is 0.165. The van der Waals surface area contributed by atoms with Crippen molar-refractivity contribution in [1.82, 2.24) is 9.97 Å². The van der Waals surface area contributed by atoms with Crippen LogP contribution in [0.5, 0.6) is 0 Å². The number of carbonyl (C=O) groups excluding carboxylic acids is 1. The van der Waals surface area contributed by atoms with Crippen molar-refractivity contribution in [3.8, 4) is 0 Å². The van der Waals surface area contributed by atoms with Crippen LogP contribution in [0.2, 0.25) is 0 Å². The van der Waals surface area contributed by atoms with E-state index in [0.717, 1.165) is 5.69 Å². The number of ether oxygens (including phenoxy) is 1. The van der Waals surface area contributed by atoms with Gasteiger partial charge in [-0.05, 0) is 0 Å². The lowest BCUT2D eigenvalue weighted by Crippen LogP contribution is -2.16. The summed E-state index contributed by atoms with van der Waals surface area (Å²) < 4.78 is 4.47. The van der Waals surface area contributed by atoms with Crippen molar-refractivity contribution < 1.29 is 9.53 Å². The fraction of sp³-hybridized carbons (Fsp3) is 0.429. The molecule has 1 rings (SSSR count). The molecule has 5 heteroatoms. The van der Waals surface area contributed by atoms with Gasteiger partial charge in [0, 0.05) is 6.20 Å². The van der Waals surface area contributed by atoms with E-state index in [1.54, 1.807) is 6.20 Å². The number of nitrogens with zero attached hydrogens (tertiary/aromatic N) is 1. The van der Waals surface area contributed by atoms with E-state index in [-0.39, 0.29) is 18.4 Å². The van der Waals surface area contributed by atoms with Crippen LogP contribution in [0.25, 0.3) is 0 Å². The third kappa shape index (κ3) is 2.06. The molecule has 1 aromatic heterocycles. The van der Waals surface area contributed by atoms with Crippen LogP contribution in [0.1, 0.15) is 18.2 Å². The summed E-state index contributed by atoms with van der Waals surface area (Å²) in [6.07, 6.45) is 3.28. The number of esters is 1. The van der Waals surface area contributed by atoms with Gasteiger partial charge in [0.15, 0.2) is 0 Å². The summed E-state index contributed by atoms with van der Waals surface area (Å²) in [5.41, 5.74) is 6.38. The molecule has 0 aliphatic rings. The van der Waals surface area contributed by atoms with Crippen LogP contribution in [0.3, 0.4) is 0 Å². The van der Waals surface area contributed by atoms with Crippen molar-refractivity contribution in [2.75, 3.05) is 7.11 Å². The maximum absolute atomic E-state index is 10.8. The molecule has 12 heavy (non-hydrogen) atoms. The molecule has 0 saturated carbocycles. The van der Waals surface area contributed by atoms with Crippen LogP contribution in [0.15, 0.2) is 12.5 Å². The summed E-state index contributed by atoms with van der Waals surface area (Å²) in [6.45, 7) is 0. The van der Waals surface area contributed by atoms with Crippen molar-refractivity contribution in [2.45, 2.75) is 12.5 Å². The van der Waals surface area contributed by atoms with Crippen LogP contribution in [-0.4, -0.2) is 23.0 Å². The highest BCUT2D eigenvalue weighted by atomic mass is 16.5. The first-order chi connectivity index (χ1) is 5.74. The molecule has 0 bridgehead atoms. The van der Waals surface area contributed by atoms with Crippen LogP contribution in [0.4, 0.5) is 0 Å². The number of rotatable bonds is 3. The molecule has 0 aliphatic carbocycles. The van der Waals surface area contributed by atoms with Crippen molar-refractivity contribution in [2.24, 2.45) is 5.73 Å². The first kappa shape index (κ1) is 8.73. The number of carbonyl (C=O) groups is 1. The van der Waals surface area contributed by atoms with E-state index in [9.17, 15) is 4.79 Å². The summed E-state index contributed by atoms with van der Waals surface area (Å²) in [5.74, 6) is -0.322. The fourth-order valence-electron chi connectivity index (χ4n) is 0.842. The summed E-state index contributed by atoms with van der Waals surface area (Å²) in [4.78, 5) is 17.4. The van der Waals surface area contributed by atoms with Crippen LogP contribution < -0.4 is 5.73 Å². The molecule has 0 radical (unpaired) electrons. The summed E-state index contributed by atoms with van der Waals surface area (Å²) in [7, 11) is 1.34. The highest BCUT2D eigenvalue weighted by molar-refractivity contribution is 5.70. The van der Waals surface area contributed by atoms with Crippen molar-refractivity contribution in [1.29, 1.82) is 0 Å². The lowest BCUT2D eigenvalue weighted by molar-refractivity contribution is -0.141. The number of aromatic amines is 1. The standard InChI is InChI=1S/C7H11N3O2/c1-12-7(11)2-5(8)6-3-9-4-10-6/h3-5H,2,8H2,1H3,(H,9,10)/t5-/m0/s1. The average molecular weight is 169 g/mol. The van der Waals surface area contributed by atoms with Crippen LogP contribution in [-0.2, 0) is 9.53 Å². The van der Waals surface area contributed by atoms with Gasteiger partial charge in [0.2, 0.25) is 0 Å². The number of nitrogens with two attached hydrogens (primary N) is 1. The number of aromatic nitrogens is 2. The average Bonchev–Trinajstić information content (AvgIpc) is 2.56. The van der Waals surface area contributed by atoms with Gasteiger partial charge < -0.3 is 15.5 Å². The molecule has 0 saturated heterocycles. The smallest absolute Gasteiger partial charge is 0.307 e. The Morgan fingerprint density at radius 1 is 1.92 bits per heavy atom. The molecular weight excluding hydrogens is 158 g/mol. The Bertz CT molecular complexity index is 245. The normalized spacial score (nSPS) is 12.5. The predicted octanol–water partition coefficient (Wildman–Crippen LogP) is -0.0274. The highest BCUT2D eigenvalue weighted by Crippen LogP contribution is 2.09. The van der Waals surface area contributed by atoms with Gasteiger partial charge in [0.05, 0.1) is 31.6 Å². The molecule has 1 atom stereocenters. The zero-order chi connectivity index (χ0) is 8.97. The second-order valence-corrected chi connectivity index (χ2v) is 2.39. The van der Waals surface area contributed by atoms with E-state index in [1.807, 2.05) is 0 Å². The summed E-state index contributed by atoms with van der Waals surface area (Å²) in [6, 6.07) is -0.361. The quantitative estimate of drug-likeness (QED) is 0.623. The molecule has 3 N–H and O–H groups in total. The minimum Gasteiger partial charge on any atom is -0.469 e. The van der Waals surface area contributed by atoms with E-state index in [0.29, 0.717) is 0 Å². The molecular formula is C7H11N3O2. The molecule has 5 nitrogen and oxygen atoms in total. The number of nitrogens with one attached hydrogen (secondary N) is 1.